The van der Waals surface area contributed by atoms with Crippen molar-refractivity contribution in [1.82, 2.24) is 0 Å². The lowest BCUT2D eigenvalue weighted by Crippen LogP contribution is -2.13. The predicted molar refractivity (Wildman–Crippen MR) is 168 cm³/mol. The van der Waals surface area contributed by atoms with Crippen LogP contribution in [0.2, 0.25) is 0 Å². The fourth-order valence-electron chi connectivity index (χ4n) is 4.42. The Morgan fingerprint density at radius 3 is 2.29 bits per heavy atom. The normalized spacial score (nSPS) is 11.4. The van der Waals surface area contributed by atoms with Gasteiger partial charge in [-0.25, -0.2) is 4.79 Å². The number of ether oxygens (including phenoxy) is 2. The van der Waals surface area contributed by atoms with E-state index in [1.807, 2.05) is 0 Å². The summed E-state index contributed by atoms with van der Waals surface area (Å²) in [5.41, 5.74) is 1.40. The van der Waals surface area contributed by atoms with Gasteiger partial charge in [0, 0.05) is 5.39 Å². The Morgan fingerprint density at radius 2 is 1.56 bits per heavy atom. The Morgan fingerprint density at radius 1 is 0.844 bits per heavy atom. The first-order valence-corrected chi connectivity index (χ1v) is 14.9. The van der Waals surface area contributed by atoms with Crippen LogP contribution in [0, 0.1) is 6.92 Å². The number of aryl methyl sites for hydroxylation is 1. The largest absolute Gasteiger partial charge is 0.505 e. The minimum atomic E-state index is -4.30. The van der Waals surface area contributed by atoms with Gasteiger partial charge in [0.2, 0.25) is 0 Å². The highest BCUT2D eigenvalue weighted by Gasteiger charge is 2.21. The number of para-hydroxylation sites is 2. The van der Waals surface area contributed by atoms with E-state index in [-0.39, 0.29) is 33.1 Å². The molecule has 5 rings (SSSR count). The predicted octanol–water partition coefficient (Wildman–Crippen LogP) is 7.08. The summed E-state index contributed by atoms with van der Waals surface area (Å²) in [5, 5.41) is 23.7. The summed E-state index contributed by atoms with van der Waals surface area (Å²) >= 11 is 0. The number of rotatable bonds is 9. The summed E-state index contributed by atoms with van der Waals surface area (Å²) in [6, 6.07) is 25.1. The standard InChI is InChI=1S/C33H27N3O8S/c1-20-12-17-24(45(40,41)44-23-15-13-21(14-16-23)33(39)43-3)19-28(20)35-36-30-25-9-5-4-8-22(25)18-26(31(30)37)32(38)34-27-10-6-7-11-29(27)42-2/h4-19,37H,1-3H3,(H,34,38). The molecule has 2 N–H and O–H groups in total. The van der Waals surface area contributed by atoms with Gasteiger partial charge in [-0.1, -0.05) is 42.5 Å². The molecule has 0 bridgehead atoms. The van der Waals surface area contributed by atoms with Gasteiger partial charge in [0.15, 0.2) is 5.75 Å². The molecule has 0 radical (unpaired) electrons. The van der Waals surface area contributed by atoms with E-state index >= 15 is 0 Å². The Balaban J connectivity index is 1.48. The Hall–Kier alpha value is -5.75. The van der Waals surface area contributed by atoms with Crippen LogP contribution in [0.4, 0.5) is 17.1 Å². The summed E-state index contributed by atoms with van der Waals surface area (Å²) < 4.78 is 41.4. The third kappa shape index (κ3) is 6.60. The third-order valence-electron chi connectivity index (χ3n) is 6.80. The molecule has 0 heterocycles. The van der Waals surface area contributed by atoms with Gasteiger partial charge >= 0.3 is 16.1 Å². The zero-order valence-electron chi connectivity index (χ0n) is 24.3. The lowest BCUT2D eigenvalue weighted by Gasteiger charge is -2.13. The summed E-state index contributed by atoms with van der Waals surface area (Å²) in [7, 11) is -1.58. The highest BCUT2D eigenvalue weighted by Crippen LogP contribution is 2.40. The van der Waals surface area contributed by atoms with Crippen LogP contribution in [-0.4, -0.2) is 39.6 Å². The van der Waals surface area contributed by atoms with Crippen molar-refractivity contribution in [2.24, 2.45) is 10.2 Å². The number of benzene rings is 5. The number of carbonyl (C=O) groups excluding carboxylic acids is 2. The number of esters is 1. The first-order valence-electron chi connectivity index (χ1n) is 13.5. The number of hydrogen-bond acceptors (Lipinski definition) is 10. The minimum Gasteiger partial charge on any atom is -0.505 e. The molecule has 0 spiro atoms. The van der Waals surface area contributed by atoms with Gasteiger partial charge < -0.3 is 24.1 Å². The van der Waals surface area contributed by atoms with E-state index in [2.05, 4.69) is 20.3 Å². The molecule has 5 aromatic rings. The molecule has 0 aromatic heterocycles. The number of carbonyl (C=O) groups is 2. The number of aromatic hydroxyl groups is 1. The van der Waals surface area contributed by atoms with Gasteiger partial charge in [0.25, 0.3) is 5.91 Å². The highest BCUT2D eigenvalue weighted by molar-refractivity contribution is 7.87. The van der Waals surface area contributed by atoms with E-state index in [9.17, 15) is 23.1 Å². The average Bonchev–Trinajstić information content (AvgIpc) is 3.04. The first kappa shape index (κ1) is 30.7. The lowest BCUT2D eigenvalue weighted by atomic mass is 10.0. The van der Waals surface area contributed by atoms with Crippen LogP contribution in [0.5, 0.6) is 17.2 Å². The molecule has 0 aliphatic rings. The molecule has 11 nitrogen and oxygen atoms in total. The number of nitrogens with one attached hydrogen (secondary N) is 1. The number of phenolic OH excluding ortho intramolecular Hbond substituents is 1. The minimum absolute atomic E-state index is 0.00832. The zero-order valence-corrected chi connectivity index (χ0v) is 25.2. The van der Waals surface area contributed by atoms with Crippen molar-refractivity contribution < 1.29 is 36.8 Å². The van der Waals surface area contributed by atoms with E-state index in [0.717, 1.165) is 0 Å². The number of methoxy groups -OCH3 is 2. The quantitative estimate of drug-likeness (QED) is 0.100. The lowest BCUT2D eigenvalue weighted by molar-refractivity contribution is 0.0600. The number of anilines is 1. The molecule has 5 aromatic carbocycles. The van der Waals surface area contributed by atoms with Crippen molar-refractivity contribution in [3.05, 3.63) is 114 Å². The van der Waals surface area contributed by atoms with Crippen LogP contribution in [0.1, 0.15) is 26.3 Å². The maximum atomic E-state index is 13.3. The highest BCUT2D eigenvalue weighted by atomic mass is 32.2. The Labute approximate surface area is 258 Å². The molecule has 0 saturated carbocycles. The second kappa shape index (κ2) is 12.9. The van der Waals surface area contributed by atoms with Crippen LogP contribution in [0.3, 0.4) is 0 Å². The van der Waals surface area contributed by atoms with Gasteiger partial charge in [-0.05, 0) is 72.5 Å². The second-order valence-corrected chi connectivity index (χ2v) is 11.2. The van der Waals surface area contributed by atoms with Crippen molar-refractivity contribution in [3.63, 3.8) is 0 Å². The van der Waals surface area contributed by atoms with Gasteiger partial charge in [0.05, 0.1) is 36.7 Å². The molecular formula is C33H27N3O8S. The zero-order chi connectivity index (χ0) is 32.1. The van der Waals surface area contributed by atoms with E-state index in [1.165, 1.54) is 50.6 Å². The summed E-state index contributed by atoms with van der Waals surface area (Å²) in [6.45, 7) is 1.71. The van der Waals surface area contributed by atoms with E-state index in [4.69, 9.17) is 8.92 Å². The molecule has 0 aliphatic carbocycles. The summed E-state index contributed by atoms with van der Waals surface area (Å²) in [5.74, 6) is -1.14. The van der Waals surface area contributed by atoms with Gasteiger partial charge in [-0.15, -0.1) is 5.11 Å². The van der Waals surface area contributed by atoms with Gasteiger partial charge in [0.1, 0.15) is 22.1 Å². The Kier molecular flexibility index (Phi) is 8.77. The fourth-order valence-corrected chi connectivity index (χ4v) is 5.38. The number of nitrogens with zero attached hydrogens (tertiary/aromatic N) is 2. The van der Waals surface area contributed by atoms with Crippen molar-refractivity contribution in [2.75, 3.05) is 19.5 Å². The van der Waals surface area contributed by atoms with E-state index in [1.54, 1.807) is 67.6 Å². The molecule has 228 valence electrons. The second-order valence-electron chi connectivity index (χ2n) is 9.70. The number of phenols is 1. The van der Waals surface area contributed by atoms with Crippen molar-refractivity contribution in [2.45, 2.75) is 11.8 Å². The van der Waals surface area contributed by atoms with Gasteiger partial charge in [-0.3, -0.25) is 4.79 Å². The number of azo groups is 1. The number of hydrogen-bond donors (Lipinski definition) is 2. The molecule has 0 fully saturated rings. The number of fused-ring (bicyclic) bond motifs is 1. The van der Waals surface area contributed by atoms with E-state index in [0.29, 0.717) is 27.8 Å². The fraction of sp³-hybridized carbons (Fsp3) is 0.0909. The first-order chi connectivity index (χ1) is 21.6. The van der Waals surface area contributed by atoms with Crippen LogP contribution in [0.15, 0.2) is 112 Å². The molecule has 0 unspecified atom stereocenters. The average molecular weight is 626 g/mol. The molecule has 45 heavy (non-hydrogen) atoms. The van der Waals surface area contributed by atoms with Crippen LogP contribution >= 0.6 is 0 Å². The van der Waals surface area contributed by atoms with Crippen molar-refractivity contribution >= 4 is 49.8 Å². The van der Waals surface area contributed by atoms with E-state index < -0.39 is 27.7 Å². The SMILES string of the molecule is COC(=O)c1ccc(OS(=O)(=O)c2ccc(C)c(N=Nc3c(O)c(C(=O)Nc4ccccc4OC)cc4ccccc34)c2)cc1. The topological polar surface area (TPSA) is 153 Å². The molecule has 1 amide bonds. The van der Waals surface area contributed by atoms with Crippen LogP contribution < -0.4 is 14.2 Å². The summed E-state index contributed by atoms with van der Waals surface area (Å²) in [6.07, 6.45) is 0. The van der Waals surface area contributed by atoms with Crippen LogP contribution in [0.25, 0.3) is 10.8 Å². The maximum absolute atomic E-state index is 13.3. The summed E-state index contributed by atoms with van der Waals surface area (Å²) in [4.78, 5) is 24.8. The molecule has 12 heteroatoms. The molecule has 0 saturated heterocycles. The van der Waals surface area contributed by atoms with Crippen molar-refractivity contribution in [3.8, 4) is 17.2 Å². The van der Waals surface area contributed by atoms with Gasteiger partial charge in [-0.2, -0.15) is 13.5 Å². The molecule has 0 aliphatic heterocycles. The Bertz CT molecular complexity index is 2060. The smallest absolute Gasteiger partial charge is 0.339 e. The monoisotopic (exact) mass is 625 g/mol. The van der Waals surface area contributed by atoms with Crippen molar-refractivity contribution in [1.29, 1.82) is 0 Å². The molecular weight excluding hydrogens is 598 g/mol. The molecule has 0 atom stereocenters. The van der Waals surface area contributed by atoms with Crippen LogP contribution in [-0.2, 0) is 14.9 Å². The maximum Gasteiger partial charge on any atom is 0.339 e. The third-order valence-corrected chi connectivity index (χ3v) is 8.05. The number of amides is 1.